The van der Waals surface area contributed by atoms with Crippen molar-refractivity contribution in [2.75, 3.05) is 6.54 Å². The fourth-order valence-corrected chi connectivity index (χ4v) is 2.28. The van der Waals surface area contributed by atoms with Gasteiger partial charge < -0.3 is 5.32 Å². The third-order valence-corrected chi connectivity index (χ3v) is 3.34. The van der Waals surface area contributed by atoms with Gasteiger partial charge in [0.25, 0.3) is 0 Å². The van der Waals surface area contributed by atoms with E-state index in [-0.39, 0.29) is 0 Å². The van der Waals surface area contributed by atoms with Gasteiger partial charge in [0.05, 0.1) is 0 Å². The Morgan fingerprint density at radius 3 is 1.69 bits per heavy atom. The maximum Gasteiger partial charge on any atom is 0.00956 e. The number of rotatable bonds is 0. The maximum absolute atomic E-state index is 3.51. The molecule has 1 heteroatoms. The average molecular weight is 185 g/mol. The van der Waals surface area contributed by atoms with Gasteiger partial charge >= 0.3 is 0 Å². The minimum Gasteiger partial charge on any atom is -0.314 e. The second-order valence-corrected chi connectivity index (χ2v) is 3.64. The van der Waals surface area contributed by atoms with Crippen LogP contribution < -0.4 is 5.32 Å². The molecule has 80 valence electrons. The Balaban J connectivity index is 0.000000322. The van der Waals surface area contributed by atoms with Gasteiger partial charge in [0.15, 0.2) is 0 Å². The lowest BCUT2D eigenvalue weighted by atomic mass is 9.64. The summed E-state index contributed by atoms with van der Waals surface area (Å²) in [5, 5.41) is 3.51. The molecular weight excluding hydrogens is 158 g/mol. The highest BCUT2D eigenvalue weighted by molar-refractivity contribution is 4.99. The molecular formula is C12H27N. The molecule has 2 fully saturated rings. The molecule has 1 saturated heterocycles. The number of hydrogen-bond donors (Lipinski definition) is 1. The quantitative estimate of drug-likeness (QED) is 0.608. The molecule has 0 aromatic rings. The largest absolute Gasteiger partial charge is 0.314 e. The molecule has 1 atom stereocenters. The summed E-state index contributed by atoms with van der Waals surface area (Å²) in [5.74, 6) is 0. The predicted molar refractivity (Wildman–Crippen MR) is 61.1 cm³/mol. The minimum absolute atomic E-state index is 0.764. The van der Waals surface area contributed by atoms with Gasteiger partial charge in [-0.05, 0) is 38.1 Å². The first-order valence-electron chi connectivity index (χ1n) is 6.07. The summed E-state index contributed by atoms with van der Waals surface area (Å²) in [5.41, 5.74) is 0.764. The second-order valence-electron chi connectivity index (χ2n) is 3.64. The number of nitrogens with one attached hydrogen (secondary N) is 1. The zero-order chi connectivity index (χ0) is 10.3. The third kappa shape index (κ3) is 2.70. The lowest BCUT2D eigenvalue weighted by molar-refractivity contribution is 0.121. The van der Waals surface area contributed by atoms with Crippen LogP contribution in [0.4, 0.5) is 0 Å². The van der Waals surface area contributed by atoms with Gasteiger partial charge in [0.1, 0.15) is 0 Å². The molecule has 0 aromatic carbocycles. The highest BCUT2D eigenvalue weighted by Gasteiger charge is 2.44. The predicted octanol–water partition coefficient (Wildman–Crippen LogP) is 3.59. The molecule has 2 aliphatic rings. The molecule has 0 radical (unpaired) electrons. The van der Waals surface area contributed by atoms with E-state index >= 15 is 0 Å². The van der Waals surface area contributed by atoms with E-state index in [1.807, 2.05) is 27.7 Å². The Bertz CT molecular complexity index is 116. The molecule has 1 heterocycles. The van der Waals surface area contributed by atoms with E-state index < -0.39 is 0 Å². The van der Waals surface area contributed by atoms with Crippen molar-refractivity contribution < 1.29 is 0 Å². The highest BCUT2D eigenvalue weighted by atomic mass is 15.0. The van der Waals surface area contributed by atoms with Crippen molar-refractivity contribution in [3.05, 3.63) is 0 Å². The zero-order valence-corrected chi connectivity index (χ0v) is 10.1. The molecule has 0 amide bonds. The van der Waals surface area contributed by atoms with Crippen molar-refractivity contribution >= 4 is 0 Å². The molecule has 1 aliphatic heterocycles. The number of hydrogen-bond acceptors (Lipinski definition) is 1. The van der Waals surface area contributed by atoms with Gasteiger partial charge in [0, 0.05) is 6.04 Å². The summed E-state index contributed by atoms with van der Waals surface area (Å²) in [6.07, 6.45) is 5.89. The van der Waals surface area contributed by atoms with Crippen LogP contribution in [-0.4, -0.2) is 12.6 Å². The van der Waals surface area contributed by atoms with E-state index in [0.717, 1.165) is 11.5 Å². The molecule has 1 saturated carbocycles. The Morgan fingerprint density at radius 1 is 1.00 bits per heavy atom. The molecule has 0 bridgehead atoms. The Hall–Kier alpha value is -0.0400. The Kier molecular flexibility index (Phi) is 6.40. The maximum atomic E-state index is 3.51. The van der Waals surface area contributed by atoms with E-state index in [4.69, 9.17) is 0 Å². The fraction of sp³-hybridized carbons (Fsp3) is 1.00. The average Bonchev–Trinajstić information content (AvgIpc) is 2.53. The van der Waals surface area contributed by atoms with Crippen LogP contribution >= 0.6 is 0 Å². The van der Waals surface area contributed by atoms with Crippen LogP contribution in [0.3, 0.4) is 0 Å². The van der Waals surface area contributed by atoms with Crippen LogP contribution in [0, 0.1) is 5.41 Å². The van der Waals surface area contributed by atoms with Gasteiger partial charge in [0.2, 0.25) is 0 Å². The summed E-state index contributed by atoms with van der Waals surface area (Å²) in [7, 11) is 0. The van der Waals surface area contributed by atoms with Crippen molar-refractivity contribution in [1.82, 2.24) is 5.32 Å². The van der Waals surface area contributed by atoms with Crippen LogP contribution in [0.2, 0.25) is 0 Å². The normalized spacial score (nSPS) is 27.9. The summed E-state index contributed by atoms with van der Waals surface area (Å²) in [6.45, 7) is 11.6. The van der Waals surface area contributed by atoms with Crippen LogP contribution in [0.15, 0.2) is 0 Å². The standard InChI is InChI=1S/C8H15N.2C2H6/c1-7-8(3-2-4-8)5-6-9-7;2*1-2/h7,9H,2-6H2,1H3;2*1-2H3. The molecule has 1 nitrogen and oxygen atoms in total. The van der Waals surface area contributed by atoms with Gasteiger partial charge in [-0.1, -0.05) is 34.1 Å². The van der Waals surface area contributed by atoms with Gasteiger partial charge in [-0.25, -0.2) is 0 Å². The van der Waals surface area contributed by atoms with Crippen LogP contribution in [0.5, 0.6) is 0 Å². The van der Waals surface area contributed by atoms with Gasteiger partial charge in [-0.3, -0.25) is 0 Å². The van der Waals surface area contributed by atoms with E-state index in [2.05, 4.69) is 12.2 Å². The van der Waals surface area contributed by atoms with E-state index in [1.165, 1.54) is 32.2 Å². The molecule has 1 N–H and O–H groups in total. The van der Waals surface area contributed by atoms with Crippen LogP contribution in [0.25, 0.3) is 0 Å². The van der Waals surface area contributed by atoms with Crippen molar-refractivity contribution in [3.8, 4) is 0 Å². The van der Waals surface area contributed by atoms with Gasteiger partial charge in [-0.15, -0.1) is 0 Å². The summed E-state index contributed by atoms with van der Waals surface area (Å²) in [6, 6.07) is 0.811. The van der Waals surface area contributed by atoms with Crippen molar-refractivity contribution in [1.29, 1.82) is 0 Å². The first-order valence-corrected chi connectivity index (χ1v) is 6.07. The molecule has 13 heavy (non-hydrogen) atoms. The smallest absolute Gasteiger partial charge is 0.00956 e. The lowest BCUT2D eigenvalue weighted by Gasteiger charge is -2.41. The third-order valence-electron chi connectivity index (χ3n) is 3.34. The Morgan fingerprint density at radius 2 is 1.54 bits per heavy atom. The molecule has 1 spiro atoms. The van der Waals surface area contributed by atoms with Crippen molar-refractivity contribution in [2.45, 2.75) is 66.3 Å². The molecule has 1 aliphatic carbocycles. The summed E-state index contributed by atoms with van der Waals surface area (Å²) < 4.78 is 0. The fourth-order valence-electron chi connectivity index (χ4n) is 2.28. The highest BCUT2D eigenvalue weighted by Crippen LogP contribution is 2.48. The van der Waals surface area contributed by atoms with E-state index in [1.54, 1.807) is 0 Å². The summed E-state index contributed by atoms with van der Waals surface area (Å²) in [4.78, 5) is 0. The van der Waals surface area contributed by atoms with Crippen LogP contribution in [0.1, 0.15) is 60.3 Å². The van der Waals surface area contributed by atoms with E-state index in [0.29, 0.717) is 0 Å². The van der Waals surface area contributed by atoms with Crippen molar-refractivity contribution in [3.63, 3.8) is 0 Å². The Labute approximate surface area is 84.3 Å². The first-order chi connectivity index (χ1) is 6.33. The SMILES string of the molecule is CC.CC.CC1NCCC12CCC2. The lowest BCUT2D eigenvalue weighted by Crippen LogP contribution is -2.39. The zero-order valence-electron chi connectivity index (χ0n) is 10.1. The van der Waals surface area contributed by atoms with E-state index in [9.17, 15) is 0 Å². The monoisotopic (exact) mass is 185 g/mol. The second kappa shape index (κ2) is 6.42. The molecule has 1 unspecified atom stereocenters. The van der Waals surface area contributed by atoms with Crippen molar-refractivity contribution in [2.24, 2.45) is 5.41 Å². The topological polar surface area (TPSA) is 12.0 Å². The molecule has 2 rings (SSSR count). The van der Waals surface area contributed by atoms with Gasteiger partial charge in [-0.2, -0.15) is 0 Å². The first kappa shape index (κ1) is 13.0. The minimum atomic E-state index is 0.764. The molecule has 0 aromatic heterocycles. The summed E-state index contributed by atoms with van der Waals surface area (Å²) >= 11 is 0. The van der Waals surface area contributed by atoms with Crippen LogP contribution in [-0.2, 0) is 0 Å².